The summed E-state index contributed by atoms with van der Waals surface area (Å²) in [6.07, 6.45) is 1.49. The molecule has 2 aromatic rings. The summed E-state index contributed by atoms with van der Waals surface area (Å²) >= 11 is 0. The first-order chi connectivity index (χ1) is 14.0. The normalized spacial score (nSPS) is 11.8. The number of hydrogen-bond donors (Lipinski definition) is 1. The van der Waals surface area contributed by atoms with Crippen molar-refractivity contribution in [2.75, 3.05) is 25.3 Å². The number of fused-ring (bicyclic) bond motifs is 1. The van der Waals surface area contributed by atoms with Crippen molar-refractivity contribution in [1.82, 2.24) is 0 Å². The number of rotatable bonds is 9. The summed E-state index contributed by atoms with van der Waals surface area (Å²) in [5.74, 6) is 0.793. The Balaban J connectivity index is 1.95. The summed E-state index contributed by atoms with van der Waals surface area (Å²) in [4.78, 5) is 23.8. The summed E-state index contributed by atoms with van der Waals surface area (Å²) < 4.78 is 21.9. The lowest BCUT2D eigenvalue weighted by Gasteiger charge is -2.15. The number of carbonyl (C=O) groups is 1. The summed E-state index contributed by atoms with van der Waals surface area (Å²) in [5, 5.41) is 14.2. The molecule has 0 spiro atoms. The predicted molar refractivity (Wildman–Crippen MR) is 105 cm³/mol. The van der Waals surface area contributed by atoms with E-state index in [9.17, 15) is 14.9 Å². The Morgan fingerprint density at radius 3 is 2.48 bits per heavy atom. The molecule has 1 amide bonds. The van der Waals surface area contributed by atoms with Crippen LogP contribution in [0.4, 0.5) is 11.4 Å². The molecule has 1 N–H and O–H groups in total. The van der Waals surface area contributed by atoms with Crippen LogP contribution in [0.2, 0.25) is 0 Å². The second kappa shape index (κ2) is 9.13. The highest BCUT2D eigenvalue weighted by molar-refractivity contribution is 6.08. The van der Waals surface area contributed by atoms with Gasteiger partial charge in [0.15, 0.2) is 23.0 Å². The number of anilines is 1. The van der Waals surface area contributed by atoms with E-state index in [4.69, 9.17) is 18.9 Å². The molecule has 1 aliphatic heterocycles. The second-order valence-electron chi connectivity index (χ2n) is 6.26. The highest BCUT2D eigenvalue weighted by Crippen LogP contribution is 2.40. The quantitative estimate of drug-likeness (QED) is 0.495. The van der Waals surface area contributed by atoms with Gasteiger partial charge < -0.3 is 24.3 Å². The minimum absolute atomic E-state index is 0.00599. The van der Waals surface area contributed by atoms with E-state index < -0.39 is 10.8 Å². The molecular formula is C20H22N2O7. The highest BCUT2D eigenvalue weighted by Gasteiger charge is 2.26. The molecule has 29 heavy (non-hydrogen) atoms. The van der Waals surface area contributed by atoms with Gasteiger partial charge in [-0.1, -0.05) is 19.9 Å². The van der Waals surface area contributed by atoms with E-state index in [1.54, 1.807) is 18.2 Å². The van der Waals surface area contributed by atoms with Crippen molar-refractivity contribution in [3.8, 4) is 23.0 Å². The van der Waals surface area contributed by atoms with Crippen LogP contribution in [-0.4, -0.2) is 30.8 Å². The van der Waals surface area contributed by atoms with Gasteiger partial charge in [0.1, 0.15) is 5.69 Å². The molecule has 0 radical (unpaired) electrons. The van der Waals surface area contributed by atoms with Gasteiger partial charge in [-0.2, -0.15) is 0 Å². The number of amides is 1. The molecule has 0 fully saturated rings. The second-order valence-corrected chi connectivity index (χ2v) is 6.26. The highest BCUT2D eigenvalue weighted by atomic mass is 16.7. The Labute approximate surface area is 167 Å². The van der Waals surface area contributed by atoms with E-state index in [1.807, 2.05) is 13.8 Å². The van der Waals surface area contributed by atoms with E-state index in [0.717, 1.165) is 12.8 Å². The van der Waals surface area contributed by atoms with Crippen molar-refractivity contribution in [3.63, 3.8) is 0 Å². The lowest BCUT2D eigenvalue weighted by atomic mass is 10.1. The first-order valence-electron chi connectivity index (χ1n) is 9.33. The van der Waals surface area contributed by atoms with E-state index in [1.165, 1.54) is 12.1 Å². The fourth-order valence-corrected chi connectivity index (χ4v) is 2.75. The molecule has 9 nitrogen and oxygen atoms in total. The Bertz CT molecular complexity index is 914. The molecular weight excluding hydrogens is 380 g/mol. The molecule has 1 aliphatic rings. The van der Waals surface area contributed by atoms with Crippen molar-refractivity contribution < 1.29 is 28.7 Å². The van der Waals surface area contributed by atoms with Crippen LogP contribution in [0.3, 0.4) is 0 Å². The maximum atomic E-state index is 12.8. The van der Waals surface area contributed by atoms with Crippen molar-refractivity contribution in [2.45, 2.75) is 26.7 Å². The predicted octanol–water partition coefficient (Wildman–Crippen LogP) is 4.15. The van der Waals surface area contributed by atoms with Crippen molar-refractivity contribution >= 4 is 17.3 Å². The van der Waals surface area contributed by atoms with E-state index in [2.05, 4.69) is 5.32 Å². The SMILES string of the molecule is CCCOc1cc(NC(=O)c2cccc3c2OCO3)c([N+](=O)[O-])cc1OCCC. The largest absolute Gasteiger partial charge is 0.490 e. The molecule has 0 bridgehead atoms. The maximum absolute atomic E-state index is 12.8. The number of hydrogen-bond acceptors (Lipinski definition) is 7. The first kappa shape index (κ1) is 20.2. The smallest absolute Gasteiger partial charge is 0.296 e. The molecule has 0 unspecified atom stereocenters. The summed E-state index contributed by atoms with van der Waals surface area (Å²) in [6, 6.07) is 7.57. The zero-order valence-corrected chi connectivity index (χ0v) is 16.2. The van der Waals surface area contributed by atoms with Crippen molar-refractivity contribution in [1.29, 1.82) is 0 Å². The molecule has 0 atom stereocenters. The molecule has 0 saturated carbocycles. The molecule has 1 heterocycles. The third-order valence-electron chi connectivity index (χ3n) is 4.07. The van der Waals surface area contributed by atoms with Crippen molar-refractivity contribution in [2.24, 2.45) is 0 Å². The molecule has 2 aromatic carbocycles. The van der Waals surface area contributed by atoms with Crippen LogP contribution in [0, 0.1) is 10.1 Å². The van der Waals surface area contributed by atoms with E-state index in [0.29, 0.717) is 30.5 Å². The lowest BCUT2D eigenvalue weighted by Crippen LogP contribution is -2.14. The standard InChI is InChI=1S/C20H22N2O7/c1-3-8-26-17-10-14(15(22(24)25)11-18(17)27-9-4-2)21-20(23)13-6-5-7-16-19(13)29-12-28-16/h5-7,10-11H,3-4,8-9,12H2,1-2H3,(H,21,23). The maximum Gasteiger partial charge on any atom is 0.296 e. The number of carbonyl (C=O) groups excluding carboxylic acids is 1. The number of nitro benzene ring substituents is 1. The summed E-state index contributed by atoms with van der Waals surface area (Å²) in [6.45, 7) is 4.68. The number of para-hydroxylation sites is 1. The molecule has 3 rings (SSSR count). The van der Waals surface area contributed by atoms with E-state index >= 15 is 0 Å². The van der Waals surface area contributed by atoms with Crippen LogP contribution >= 0.6 is 0 Å². The van der Waals surface area contributed by atoms with Crippen LogP contribution in [-0.2, 0) is 0 Å². The van der Waals surface area contributed by atoms with Gasteiger partial charge in [-0.15, -0.1) is 0 Å². The Hall–Kier alpha value is -3.49. The number of benzene rings is 2. The van der Waals surface area contributed by atoms with Crippen LogP contribution in [0.1, 0.15) is 37.0 Å². The third kappa shape index (κ3) is 4.50. The van der Waals surface area contributed by atoms with Gasteiger partial charge in [0.2, 0.25) is 6.79 Å². The number of ether oxygens (including phenoxy) is 4. The zero-order chi connectivity index (χ0) is 20.8. The fraction of sp³-hybridized carbons (Fsp3) is 0.350. The van der Waals surface area contributed by atoms with Gasteiger partial charge in [0, 0.05) is 6.07 Å². The molecule has 0 aliphatic carbocycles. The molecule has 0 saturated heterocycles. The van der Waals surface area contributed by atoms with Crippen LogP contribution in [0.15, 0.2) is 30.3 Å². The van der Waals surface area contributed by atoms with Gasteiger partial charge in [-0.05, 0) is 25.0 Å². The Morgan fingerprint density at radius 1 is 1.14 bits per heavy atom. The van der Waals surface area contributed by atoms with Crippen molar-refractivity contribution in [3.05, 3.63) is 46.0 Å². The third-order valence-corrected chi connectivity index (χ3v) is 4.07. The Kier molecular flexibility index (Phi) is 6.38. The Morgan fingerprint density at radius 2 is 1.83 bits per heavy atom. The van der Waals surface area contributed by atoms with Gasteiger partial charge in [-0.25, -0.2) is 0 Å². The van der Waals surface area contributed by atoms with Crippen LogP contribution < -0.4 is 24.3 Å². The van der Waals surface area contributed by atoms with Gasteiger partial charge >= 0.3 is 0 Å². The van der Waals surface area contributed by atoms with Gasteiger partial charge in [0.05, 0.1) is 29.8 Å². The minimum atomic E-state index is -0.576. The summed E-state index contributed by atoms with van der Waals surface area (Å²) in [5.41, 5.74) is -0.0684. The minimum Gasteiger partial charge on any atom is -0.490 e. The zero-order valence-electron chi connectivity index (χ0n) is 16.2. The summed E-state index contributed by atoms with van der Waals surface area (Å²) in [7, 11) is 0. The van der Waals surface area contributed by atoms with Crippen LogP contribution in [0.25, 0.3) is 0 Å². The van der Waals surface area contributed by atoms with Gasteiger partial charge in [0.25, 0.3) is 11.6 Å². The molecule has 9 heteroatoms. The van der Waals surface area contributed by atoms with E-state index in [-0.39, 0.29) is 29.5 Å². The first-order valence-corrected chi connectivity index (χ1v) is 9.33. The number of nitro groups is 1. The number of nitrogens with one attached hydrogen (secondary N) is 1. The fourth-order valence-electron chi connectivity index (χ4n) is 2.75. The monoisotopic (exact) mass is 402 g/mol. The van der Waals surface area contributed by atoms with Gasteiger partial charge in [-0.3, -0.25) is 14.9 Å². The number of nitrogens with zero attached hydrogens (tertiary/aromatic N) is 1. The molecule has 154 valence electrons. The average molecular weight is 402 g/mol. The topological polar surface area (TPSA) is 109 Å². The average Bonchev–Trinajstić information content (AvgIpc) is 3.19. The van der Waals surface area contributed by atoms with Crippen LogP contribution in [0.5, 0.6) is 23.0 Å². The lowest BCUT2D eigenvalue weighted by molar-refractivity contribution is -0.384. The molecule has 0 aromatic heterocycles.